The summed E-state index contributed by atoms with van der Waals surface area (Å²) < 4.78 is 5.16. The number of nitrogens with one attached hydrogen (secondary N) is 1. The molecule has 2 rings (SSSR count). The lowest BCUT2D eigenvalue weighted by Gasteiger charge is -2.22. The van der Waals surface area contributed by atoms with Crippen LogP contribution in [0.3, 0.4) is 0 Å². The van der Waals surface area contributed by atoms with E-state index >= 15 is 0 Å². The van der Waals surface area contributed by atoms with E-state index in [9.17, 15) is 14.4 Å². The van der Waals surface area contributed by atoms with Gasteiger partial charge in [0, 0.05) is 30.7 Å². The molecule has 0 radical (unpaired) electrons. The Hall–Kier alpha value is -3.37. The number of benzene rings is 2. The number of carbonyl (C=O) groups is 3. The van der Waals surface area contributed by atoms with Crippen molar-refractivity contribution in [1.29, 1.82) is 5.26 Å². The van der Waals surface area contributed by atoms with E-state index in [0.29, 0.717) is 22.8 Å². The summed E-state index contributed by atoms with van der Waals surface area (Å²) in [6, 6.07) is 13.6. The fourth-order valence-electron chi connectivity index (χ4n) is 2.63. The zero-order valence-corrected chi connectivity index (χ0v) is 17.5. The van der Waals surface area contributed by atoms with Gasteiger partial charge in [-0.2, -0.15) is 5.26 Å². The Morgan fingerprint density at radius 1 is 1.17 bits per heavy atom. The van der Waals surface area contributed by atoms with Gasteiger partial charge in [0.1, 0.15) is 0 Å². The molecule has 7 nitrogen and oxygen atoms in total. The predicted octanol–water partition coefficient (Wildman–Crippen LogP) is 3.39. The van der Waals surface area contributed by atoms with Crippen LogP contribution in [0.5, 0.6) is 0 Å². The monoisotopic (exact) mass is 427 g/mol. The molecule has 156 valence electrons. The normalized spacial score (nSPS) is 10.1. The van der Waals surface area contributed by atoms with E-state index < -0.39 is 18.5 Å². The summed E-state index contributed by atoms with van der Waals surface area (Å²) in [6.07, 6.45) is 0.136. The van der Waals surface area contributed by atoms with Gasteiger partial charge >= 0.3 is 5.97 Å². The quantitative estimate of drug-likeness (QED) is 0.651. The van der Waals surface area contributed by atoms with Gasteiger partial charge in [-0.25, -0.2) is 4.79 Å². The second-order valence-electron chi connectivity index (χ2n) is 6.57. The molecule has 1 N–H and O–H groups in total. The van der Waals surface area contributed by atoms with Gasteiger partial charge < -0.3 is 15.0 Å². The number of nitriles is 1. The van der Waals surface area contributed by atoms with Crippen molar-refractivity contribution in [3.63, 3.8) is 0 Å². The van der Waals surface area contributed by atoms with Crippen molar-refractivity contribution in [1.82, 2.24) is 5.32 Å². The van der Waals surface area contributed by atoms with Crippen LogP contribution in [0.2, 0.25) is 5.02 Å². The number of carbonyl (C=O) groups excluding carboxylic acids is 3. The fraction of sp³-hybridized carbons (Fsp3) is 0.273. The second kappa shape index (κ2) is 11.0. The molecule has 30 heavy (non-hydrogen) atoms. The average Bonchev–Trinajstić information content (AvgIpc) is 2.73. The zero-order chi connectivity index (χ0) is 22.1. The van der Waals surface area contributed by atoms with Crippen LogP contribution in [-0.4, -0.2) is 30.9 Å². The minimum atomic E-state index is -0.637. The molecule has 0 fully saturated rings. The summed E-state index contributed by atoms with van der Waals surface area (Å²) in [5.41, 5.74) is 2.50. The van der Waals surface area contributed by atoms with Gasteiger partial charge in [0.2, 0.25) is 5.91 Å². The van der Waals surface area contributed by atoms with Gasteiger partial charge in [-0.05, 0) is 48.4 Å². The van der Waals surface area contributed by atoms with E-state index in [-0.39, 0.29) is 18.9 Å². The van der Waals surface area contributed by atoms with Crippen molar-refractivity contribution in [2.45, 2.75) is 26.8 Å². The maximum Gasteiger partial charge on any atom is 0.338 e. The Balaban J connectivity index is 2.01. The molecule has 2 aromatic carbocycles. The first-order valence-corrected chi connectivity index (χ1v) is 9.63. The Bertz CT molecular complexity index is 967. The molecule has 8 heteroatoms. The summed E-state index contributed by atoms with van der Waals surface area (Å²) in [6.45, 7) is 3.31. The molecule has 2 aromatic rings. The number of nitrogens with zero attached hydrogens (tertiary/aromatic N) is 2. The topological polar surface area (TPSA) is 99.5 Å². The average molecular weight is 428 g/mol. The molecular weight excluding hydrogens is 406 g/mol. The van der Waals surface area contributed by atoms with Crippen LogP contribution < -0.4 is 10.2 Å². The minimum Gasteiger partial charge on any atom is -0.452 e. The molecule has 0 aliphatic carbocycles. The third-order valence-corrected chi connectivity index (χ3v) is 4.68. The van der Waals surface area contributed by atoms with E-state index in [1.807, 2.05) is 13.0 Å². The zero-order valence-electron chi connectivity index (χ0n) is 16.8. The van der Waals surface area contributed by atoms with Crippen molar-refractivity contribution in [2.24, 2.45) is 0 Å². The van der Waals surface area contributed by atoms with E-state index in [1.54, 1.807) is 42.5 Å². The Morgan fingerprint density at radius 3 is 2.47 bits per heavy atom. The van der Waals surface area contributed by atoms with Crippen LogP contribution in [0.25, 0.3) is 0 Å². The van der Waals surface area contributed by atoms with Gasteiger partial charge in [-0.15, -0.1) is 0 Å². The summed E-state index contributed by atoms with van der Waals surface area (Å²) in [7, 11) is 0. The van der Waals surface area contributed by atoms with E-state index in [0.717, 1.165) is 11.1 Å². The second-order valence-corrected chi connectivity index (χ2v) is 6.98. The van der Waals surface area contributed by atoms with Gasteiger partial charge in [0.05, 0.1) is 18.1 Å². The summed E-state index contributed by atoms with van der Waals surface area (Å²) in [5.74, 6) is -1.22. The number of halogens is 1. The molecule has 0 bridgehead atoms. The maximum atomic E-state index is 12.7. The van der Waals surface area contributed by atoms with Crippen molar-refractivity contribution in [3.05, 3.63) is 64.2 Å². The number of aryl methyl sites for hydroxylation is 1. The molecular formula is C22H22ClN3O4. The highest BCUT2D eigenvalue weighted by atomic mass is 35.5. The van der Waals surface area contributed by atoms with Gasteiger partial charge in [0.15, 0.2) is 6.61 Å². The van der Waals surface area contributed by atoms with Crippen LogP contribution in [0.15, 0.2) is 42.5 Å². The first-order valence-electron chi connectivity index (χ1n) is 9.25. The van der Waals surface area contributed by atoms with Crippen LogP contribution in [-0.2, 0) is 20.9 Å². The van der Waals surface area contributed by atoms with Crippen LogP contribution in [0, 0.1) is 18.3 Å². The largest absolute Gasteiger partial charge is 0.452 e. The molecule has 2 amide bonds. The van der Waals surface area contributed by atoms with Crippen molar-refractivity contribution in [2.75, 3.05) is 18.1 Å². The molecule has 0 atom stereocenters. The number of rotatable bonds is 8. The standard InChI is InChI=1S/C22H22ClN3O4/c1-15-12-19(8-9-20(15)23)26(11-3-10-24)21(28)14-30-22(29)18-6-4-17(5-7-18)13-25-16(2)27/h4-9,12H,3,11,13-14H2,1-2H3,(H,25,27). The molecule has 0 saturated carbocycles. The highest BCUT2D eigenvalue weighted by Crippen LogP contribution is 2.23. The number of anilines is 1. The van der Waals surface area contributed by atoms with E-state index in [1.165, 1.54) is 11.8 Å². The number of amides is 2. The van der Waals surface area contributed by atoms with Gasteiger partial charge in [-0.3, -0.25) is 9.59 Å². The van der Waals surface area contributed by atoms with Gasteiger partial charge in [0.25, 0.3) is 5.91 Å². The smallest absolute Gasteiger partial charge is 0.338 e. The lowest BCUT2D eigenvalue weighted by molar-refractivity contribution is -0.121. The van der Waals surface area contributed by atoms with Crippen LogP contribution in [0.4, 0.5) is 5.69 Å². The Kier molecular flexibility index (Phi) is 8.39. The van der Waals surface area contributed by atoms with Crippen molar-refractivity contribution in [3.8, 4) is 6.07 Å². The fourth-order valence-corrected chi connectivity index (χ4v) is 2.75. The first kappa shape index (κ1) is 22.9. The Labute approximate surface area is 180 Å². The summed E-state index contributed by atoms with van der Waals surface area (Å²) >= 11 is 6.04. The van der Waals surface area contributed by atoms with Crippen molar-refractivity contribution >= 4 is 35.1 Å². The SMILES string of the molecule is CC(=O)NCc1ccc(C(=O)OCC(=O)N(CCC#N)c2ccc(Cl)c(C)c2)cc1. The lowest BCUT2D eigenvalue weighted by Crippen LogP contribution is -2.35. The number of ether oxygens (including phenoxy) is 1. The number of esters is 1. The van der Waals surface area contributed by atoms with Crippen LogP contribution >= 0.6 is 11.6 Å². The first-order chi connectivity index (χ1) is 14.3. The van der Waals surface area contributed by atoms with Crippen LogP contribution in [0.1, 0.15) is 34.8 Å². The number of hydrogen-bond acceptors (Lipinski definition) is 5. The highest BCUT2D eigenvalue weighted by Gasteiger charge is 2.19. The third-order valence-electron chi connectivity index (χ3n) is 4.26. The molecule has 0 heterocycles. The summed E-state index contributed by atoms with van der Waals surface area (Å²) in [4.78, 5) is 37.3. The van der Waals surface area contributed by atoms with Gasteiger partial charge in [-0.1, -0.05) is 23.7 Å². The van der Waals surface area contributed by atoms with E-state index in [4.69, 9.17) is 21.6 Å². The molecule has 0 aliphatic heterocycles. The lowest BCUT2D eigenvalue weighted by atomic mass is 10.1. The predicted molar refractivity (Wildman–Crippen MR) is 113 cm³/mol. The van der Waals surface area contributed by atoms with Crippen molar-refractivity contribution < 1.29 is 19.1 Å². The molecule has 0 aromatic heterocycles. The third kappa shape index (κ3) is 6.61. The maximum absolute atomic E-state index is 12.7. The molecule has 0 spiro atoms. The van der Waals surface area contributed by atoms with E-state index in [2.05, 4.69) is 5.32 Å². The highest BCUT2D eigenvalue weighted by molar-refractivity contribution is 6.31. The molecule has 0 unspecified atom stereocenters. The summed E-state index contributed by atoms with van der Waals surface area (Å²) in [5, 5.41) is 12.1. The molecule has 0 saturated heterocycles. The number of hydrogen-bond donors (Lipinski definition) is 1. The minimum absolute atomic E-state index is 0.136. The Morgan fingerprint density at radius 2 is 1.87 bits per heavy atom. The molecule has 0 aliphatic rings.